The maximum atomic E-state index is 12.7. The Bertz CT molecular complexity index is 1320. The Labute approximate surface area is 252 Å². The monoisotopic (exact) mass is 587 g/mol. The fourth-order valence-corrected chi connectivity index (χ4v) is 5.02. The van der Waals surface area contributed by atoms with Gasteiger partial charge in [-0.05, 0) is 94.9 Å². The number of urea groups is 1. The minimum absolute atomic E-state index is 0.131. The van der Waals surface area contributed by atoms with Gasteiger partial charge in [0, 0.05) is 55.2 Å². The van der Waals surface area contributed by atoms with E-state index in [1.807, 2.05) is 38.4 Å². The molecule has 0 unspecified atom stereocenters. The second-order valence-electron chi connectivity index (χ2n) is 11.1. The third kappa shape index (κ3) is 8.62. The van der Waals surface area contributed by atoms with Crippen molar-refractivity contribution in [3.63, 3.8) is 0 Å². The average molecular weight is 588 g/mol. The molecule has 2 aliphatic heterocycles. The van der Waals surface area contributed by atoms with Crippen molar-refractivity contribution < 1.29 is 14.3 Å². The predicted octanol–water partition coefficient (Wildman–Crippen LogP) is 3.69. The van der Waals surface area contributed by atoms with Crippen LogP contribution in [0.5, 0.6) is 0 Å². The van der Waals surface area contributed by atoms with Gasteiger partial charge in [-0.1, -0.05) is 0 Å². The Hall–Kier alpha value is -4.29. The van der Waals surface area contributed by atoms with Crippen LogP contribution in [0.15, 0.2) is 48.5 Å². The number of morpholine rings is 1. The second kappa shape index (κ2) is 14.7. The molecule has 0 saturated carbocycles. The van der Waals surface area contributed by atoms with Crippen LogP contribution < -0.4 is 25.8 Å². The molecule has 43 heavy (non-hydrogen) atoms. The van der Waals surface area contributed by atoms with Crippen LogP contribution >= 0.6 is 0 Å². The zero-order chi connectivity index (χ0) is 30.0. The maximum absolute atomic E-state index is 12.7. The number of ether oxygens (including phenoxy) is 1. The lowest BCUT2D eigenvalue weighted by molar-refractivity contribution is 0.0952. The van der Waals surface area contributed by atoms with Crippen molar-refractivity contribution in [3.8, 4) is 11.4 Å². The van der Waals surface area contributed by atoms with E-state index in [-0.39, 0.29) is 11.9 Å². The highest BCUT2D eigenvalue weighted by Crippen LogP contribution is 2.25. The fourth-order valence-electron chi connectivity index (χ4n) is 5.02. The number of nitrogens with zero attached hydrogens (tertiary/aromatic N) is 6. The van der Waals surface area contributed by atoms with E-state index in [1.54, 1.807) is 24.3 Å². The number of amides is 3. The second-order valence-corrected chi connectivity index (χ2v) is 11.1. The molecule has 0 spiro atoms. The quantitative estimate of drug-likeness (QED) is 0.304. The first-order valence-electron chi connectivity index (χ1n) is 15.0. The summed E-state index contributed by atoms with van der Waals surface area (Å²) in [7, 11) is 4.01. The van der Waals surface area contributed by atoms with Gasteiger partial charge in [-0.3, -0.25) is 4.79 Å². The topological polar surface area (TPSA) is 128 Å². The van der Waals surface area contributed by atoms with Gasteiger partial charge in [0.15, 0.2) is 5.82 Å². The summed E-state index contributed by atoms with van der Waals surface area (Å²) in [6.45, 7) is 6.20. The predicted molar refractivity (Wildman–Crippen MR) is 169 cm³/mol. The largest absolute Gasteiger partial charge is 0.378 e. The SMILES string of the molecule is CN(C)CCCNC(=O)c1ccc(NC(=O)Nc2ccc(-c3nc(N4CCCCC4)nc(N4CCOCC4)n3)cc2)cc1. The zero-order valence-corrected chi connectivity index (χ0v) is 25.0. The molecular weight excluding hydrogens is 546 g/mol. The number of rotatable bonds is 10. The lowest BCUT2D eigenvalue weighted by Crippen LogP contribution is -2.38. The zero-order valence-electron chi connectivity index (χ0n) is 25.0. The summed E-state index contributed by atoms with van der Waals surface area (Å²) in [5.74, 6) is 1.85. The Morgan fingerprint density at radius 3 is 1.98 bits per heavy atom. The molecule has 3 aromatic rings. The minimum atomic E-state index is -0.379. The molecular formula is C31H41N9O3. The molecule has 0 atom stereocenters. The van der Waals surface area contributed by atoms with Gasteiger partial charge in [0.25, 0.3) is 5.91 Å². The standard InChI is InChI=1S/C31H41N9O3/c1-38(2)16-6-15-32-28(41)24-9-13-26(14-10-24)34-31(42)33-25-11-7-23(8-12-25)27-35-29(39-17-4-3-5-18-39)37-30(36-27)40-19-21-43-22-20-40/h7-14H,3-6,15-22H2,1-2H3,(H,32,41)(H2,33,34,42). The highest BCUT2D eigenvalue weighted by atomic mass is 16.5. The van der Waals surface area contributed by atoms with Crippen molar-refractivity contribution in [2.24, 2.45) is 0 Å². The van der Waals surface area contributed by atoms with Crippen molar-refractivity contribution in [1.82, 2.24) is 25.2 Å². The molecule has 0 radical (unpaired) electrons. The van der Waals surface area contributed by atoms with Crippen molar-refractivity contribution in [1.29, 1.82) is 0 Å². The van der Waals surface area contributed by atoms with Gasteiger partial charge in [-0.25, -0.2) is 4.79 Å². The molecule has 5 rings (SSSR count). The normalized spacial score (nSPS) is 15.3. The van der Waals surface area contributed by atoms with Gasteiger partial charge in [0.2, 0.25) is 11.9 Å². The number of aromatic nitrogens is 3. The first-order chi connectivity index (χ1) is 20.9. The molecule has 12 nitrogen and oxygen atoms in total. The van der Waals surface area contributed by atoms with Crippen LogP contribution in [0, 0.1) is 0 Å². The minimum Gasteiger partial charge on any atom is -0.378 e. The number of carbonyl (C=O) groups is 2. The van der Waals surface area contributed by atoms with Crippen LogP contribution in [0.3, 0.4) is 0 Å². The Morgan fingerprint density at radius 2 is 1.37 bits per heavy atom. The molecule has 0 bridgehead atoms. The molecule has 3 amide bonds. The molecule has 2 aromatic carbocycles. The van der Waals surface area contributed by atoms with Crippen LogP contribution in [0.2, 0.25) is 0 Å². The third-order valence-corrected chi connectivity index (χ3v) is 7.42. The summed E-state index contributed by atoms with van der Waals surface area (Å²) in [5, 5.41) is 8.59. The van der Waals surface area contributed by atoms with Crippen molar-refractivity contribution in [2.75, 3.05) is 87.0 Å². The van der Waals surface area contributed by atoms with Gasteiger partial charge in [0.1, 0.15) is 0 Å². The van der Waals surface area contributed by atoms with E-state index in [9.17, 15) is 9.59 Å². The smallest absolute Gasteiger partial charge is 0.323 e. The van der Waals surface area contributed by atoms with Crippen molar-refractivity contribution in [3.05, 3.63) is 54.1 Å². The van der Waals surface area contributed by atoms with Crippen LogP contribution in [0.25, 0.3) is 11.4 Å². The van der Waals surface area contributed by atoms with Gasteiger partial charge in [0.05, 0.1) is 13.2 Å². The Balaban J connectivity index is 1.20. The Kier molecular flexibility index (Phi) is 10.3. The van der Waals surface area contributed by atoms with E-state index in [0.29, 0.717) is 54.4 Å². The molecule has 0 aliphatic carbocycles. The van der Waals surface area contributed by atoms with Crippen LogP contribution in [-0.2, 0) is 4.74 Å². The number of anilines is 4. The molecule has 2 saturated heterocycles. The highest BCUT2D eigenvalue weighted by Gasteiger charge is 2.21. The summed E-state index contributed by atoms with van der Waals surface area (Å²) in [5.41, 5.74) is 2.61. The molecule has 3 heterocycles. The number of benzene rings is 2. The molecule has 3 N–H and O–H groups in total. The van der Waals surface area contributed by atoms with E-state index in [0.717, 1.165) is 57.5 Å². The van der Waals surface area contributed by atoms with E-state index < -0.39 is 0 Å². The van der Waals surface area contributed by atoms with Crippen molar-refractivity contribution in [2.45, 2.75) is 25.7 Å². The van der Waals surface area contributed by atoms with Crippen molar-refractivity contribution >= 4 is 35.2 Å². The summed E-state index contributed by atoms with van der Waals surface area (Å²) in [4.78, 5) is 45.9. The van der Waals surface area contributed by atoms with Gasteiger partial charge in [-0.2, -0.15) is 15.0 Å². The number of carbonyl (C=O) groups excluding carboxylic acids is 2. The lowest BCUT2D eigenvalue weighted by atomic mass is 10.1. The molecule has 12 heteroatoms. The first-order valence-corrected chi connectivity index (χ1v) is 15.0. The lowest BCUT2D eigenvalue weighted by Gasteiger charge is -2.30. The van der Waals surface area contributed by atoms with Gasteiger partial charge < -0.3 is 35.4 Å². The van der Waals surface area contributed by atoms with Crippen LogP contribution in [0.1, 0.15) is 36.0 Å². The van der Waals surface area contributed by atoms with E-state index in [4.69, 9.17) is 19.7 Å². The van der Waals surface area contributed by atoms with E-state index in [2.05, 4.69) is 30.7 Å². The third-order valence-electron chi connectivity index (χ3n) is 7.42. The summed E-state index contributed by atoms with van der Waals surface area (Å²) < 4.78 is 5.52. The van der Waals surface area contributed by atoms with E-state index >= 15 is 0 Å². The first kappa shape index (κ1) is 30.2. The van der Waals surface area contributed by atoms with Gasteiger partial charge in [-0.15, -0.1) is 0 Å². The fraction of sp³-hybridized carbons (Fsp3) is 0.452. The highest BCUT2D eigenvalue weighted by molar-refractivity contribution is 6.00. The summed E-state index contributed by atoms with van der Waals surface area (Å²) in [6.07, 6.45) is 4.37. The summed E-state index contributed by atoms with van der Waals surface area (Å²) >= 11 is 0. The number of nitrogens with one attached hydrogen (secondary N) is 3. The van der Waals surface area contributed by atoms with Crippen LogP contribution in [0.4, 0.5) is 28.1 Å². The number of piperidine rings is 1. The summed E-state index contributed by atoms with van der Waals surface area (Å²) in [6, 6.07) is 13.9. The molecule has 228 valence electrons. The molecule has 1 aromatic heterocycles. The maximum Gasteiger partial charge on any atom is 0.323 e. The van der Waals surface area contributed by atoms with Gasteiger partial charge >= 0.3 is 6.03 Å². The van der Waals surface area contributed by atoms with Crippen LogP contribution in [-0.4, -0.2) is 98.4 Å². The average Bonchev–Trinajstić information content (AvgIpc) is 3.04. The van der Waals surface area contributed by atoms with E-state index in [1.165, 1.54) is 6.42 Å². The number of hydrogen-bond donors (Lipinski definition) is 3. The Morgan fingerprint density at radius 1 is 0.791 bits per heavy atom. The molecule has 2 aliphatic rings. The number of hydrogen-bond acceptors (Lipinski definition) is 9. The molecule has 2 fully saturated rings.